The average Bonchev–Trinajstić information content (AvgIpc) is 2.90. The van der Waals surface area contributed by atoms with Gasteiger partial charge in [-0.2, -0.15) is 0 Å². The normalized spacial score (nSPS) is 14.7. The Balaban J connectivity index is 1.92. The van der Waals surface area contributed by atoms with Crippen molar-refractivity contribution in [2.45, 2.75) is 33.1 Å². The molecule has 1 aromatic carbocycles. The van der Waals surface area contributed by atoms with Crippen LogP contribution >= 0.6 is 0 Å². The number of nitrogens with zero attached hydrogens (tertiary/aromatic N) is 1. The van der Waals surface area contributed by atoms with Crippen LogP contribution < -0.4 is 10.2 Å². The summed E-state index contributed by atoms with van der Waals surface area (Å²) in [4.78, 5) is 25.6. The van der Waals surface area contributed by atoms with E-state index < -0.39 is 0 Å². The predicted octanol–water partition coefficient (Wildman–Crippen LogP) is 2.81. The Kier molecular flexibility index (Phi) is 5.95. The molecule has 1 heterocycles. The molecule has 0 bridgehead atoms. The molecule has 0 unspecified atom stereocenters. The van der Waals surface area contributed by atoms with Gasteiger partial charge in [0.25, 0.3) is 0 Å². The Hall–Kier alpha value is -1.88. The van der Waals surface area contributed by atoms with Gasteiger partial charge in [0.2, 0.25) is 11.8 Å². The first-order chi connectivity index (χ1) is 10.6. The second kappa shape index (κ2) is 7.94. The highest BCUT2D eigenvalue weighted by atomic mass is 16.5. The van der Waals surface area contributed by atoms with E-state index in [1.54, 1.807) is 4.90 Å². The smallest absolute Gasteiger partial charge is 0.227 e. The first-order valence-electron chi connectivity index (χ1n) is 7.85. The topological polar surface area (TPSA) is 58.6 Å². The number of hydrogen-bond donors (Lipinski definition) is 1. The lowest BCUT2D eigenvalue weighted by molar-refractivity contribution is -0.118. The van der Waals surface area contributed by atoms with Crippen LogP contribution in [0.5, 0.6) is 0 Å². The fourth-order valence-corrected chi connectivity index (χ4v) is 2.41. The fraction of sp³-hybridized carbons (Fsp3) is 0.529. The van der Waals surface area contributed by atoms with E-state index in [1.165, 1.54) is 0 Å². The van der Waals surface area contributed by atoms with Gasteiger partial charge >= 0.3 is 0 Å². The number of carbonyl (C=O) groups is 2. The summed E-state index contributed by atoms with van der Waals surface area (Å²) < 4.78 is 5.43. The Morgan fingerprint density at radius 2 is 2.14 bits per heavy atom. The van der Waals surface area contributed by atoms with Crippen molar-refractivity contribution in [3.8, 4) is 0 Å². The van der Waals surface area contributed by atoms with Gasteiger partial charge in [-0.1, -0.05) is 26.0 Å². The Labute approximate surface area is 131 Å². The summed E-state index contributed by atoms with van der Waals surface area (Å²) in [5, 5.41) is 2.88. The zero-order valence-corrected chi connectivity index (χ0v) is 13.3. The SMILES string of the molecule is CC(C)COCCC(=O)Nc1ccccc1N1CCCC1=O. The number of benzene rings is 1. The number of ether oxygens (including phenoxy) is 1. The number of para-hydroxylation sites is 2. The lowest BCUT2D eigenvalue weighted by atomic mass is 10.2. The standard InChI is InChI=1S/C17H24N2O3/c1-13(2)12-22-11-9-16(20)18-14-6-3-4-7-15(14)19-10-5-8-17(19)21/h3-4,6-7,13H,5,8-12H2,1-2H3,(H,18,20). The minimum Gasteiger partial charge on any atom is -0.381 e. The Morgan fingerprint density at radius 3 is 2.82 bits per heavy atom. The van der Waals surface area contributed by atoms with Crippen molar-refractivity contribution in [3.63, 3.8) is 0 Å². The number of nitrogens with one attached hydrogen (secondary N) is 1. The number of amides is 2. The third kappa shape index (κ3) is 4.56. The summed E-state index contributed by atoms with van der Waals surface area (Å²) in [5.74, 6) is 0.481. The van der Waals surface area contributed by atoms with Crippen LogP contribution in [0.25, 0.3) is 0 Å². The third-order valence-electron chi connectivity index (χ3n) is 3.47. The summed E-state index contributed by atoms with van der Waals surface area (Å²) in [6, 6.07) is 7.43. The van der Waals surface area contributed by atoms with Crippen molar-refractivity contribution in [2.24, 2.45) is 5.92 Å². The first-order valence-corrected chi connectivity index (χ1v) is 7.85. The maximum absolute atomic E-state index is 12.0. The van der Waals surface area contributed by atoms with Gasteiger partial charge in [0, 0.05) is 19.6 Å². The predicted molar refractivity (Wildman–Crippen MR) is 86.9 cm³/mol. The van der Waals surface area contributed by atoms with Crippen LogP contribution in [0.2, 0.25) is 0 Å². The van der Waals surface area contributed by atoms with Crippen molar-refractivity contribution >= 4 is 23.2 Å². The zero-order chi connectivity index (χ0) is 15.9. The molecule has 0 aliphatic carbocycles. The van der Waals surface area contributed by atoms with Crippen LogP contribution in [0, 0.1) is 5.92 Å². The molecule has 1 fully saturated rings. The molecule has 0 saturated carbocycles. The molecule has 2 amide bonds. The molecule has 0 radical (unpaired) electrons. The summed E-state index contributed by atoms with van der Waals surface area (Å²) in [5.41, 5.74) is 1.47. The number of anilines is 2. The van der Waals surface area contributed by atoms with Crippen molar-refractivity contribution in [1.82, 2.24) is 0 Å². The van der Waals surface area contributed by atoms with Gasteiger partial charge in [0.15, 0.2) is 0 Å². The quantitative estimate of drug-likeness (QED) is 0.788. The van der Waals surface area contributed by atoms with Crippen LogP contribution in [0.4, 0.5) is 11.4 Å². The molecule has 0 spiro atoms. The summed E-state index contributed by atoms with van der Waals surface area (Å²) in [7, 11) is 0. The Morgan fingerprint density at radius 1 is 1.36 bits per heavy atom. The zero-order valence-electron chi connectivity index (χ0n) is 13.3. The molecular weight excluding hydrogens is 280 g/mol. The summed E-state index contributed by atoms with van der Waals surface area (Å²) in [6.07, 6.45) is 1.75. The van der Waals surface area contributed by atoms with Crippen LogP contribution in [-0.4, -0.2) is 31.6 Å². The van der Waals surface area contributed by atoms with Crippen LogP contribution in [-0.2, 0) is 14.3 Å². The van der Waals surface area contributed by atoms with E-state index in [0.717, 1.165) is 12.1 Å². The molecule has 1 saturated heterocycles. The van der Waals surface area contributed by atoms with Crippen molar-refractivity contribution in [1.29, 1.82) is 0 Å². The maximum atomic E-state index is 12.0. The van der Waals surface area contributed by atoms with E-state index in [1.807, 2.05) is 24.3 Å². The summed E-state index contributed by atoms with van der Waals surface area (Å²) >= 11 is 0. The molecule has 0 atom stereocenters. The molecule has 1 aliphatic rings. The van der Waals surface area contributed by atoms with Gasteiger partial charge in [0.1, 0.15) is 0 Å². The van der Waals surface area contributed by atoms with E-state index in [2.05, 4.69) is 19.2 Å². The fourth-order valence-electron chi connectivity index (χ4n) is 2.41. The highest BCUT2D eigenvalue weighted by Gasteiger charge is 2.24. The molecule has 5 heteroatoms. The molecule has 22 heavy (non-hydrogen) atoms. The minimum atomic E-state index is -0.0946. The third-order valence-corrected chi connectivity index (χ3v) is 3.47. The summed E-state index contributed by atoms with van der Waals surface area (Å²) in [6.45, 7) is 5.93. The van der Waals surface area contributed by atoms with E-state index in [0.29, 0.717) is 44.2 Å². The highest BCUT2D eigenvalue weighted by Crippen LogP contribution is 2.29. The number of hydrogen-bond acceptors (Lipinski definition) is 3. The van der Waals surface area contributed by atoms with Gasteiger partial charge in [0.05, 0.1) is 24.4 Å². The average molecular weight is 304 g/mol. The van der Waals surface area contributed by atoms with Gasteiger partial charge in [-0.05, 0) is 24.5 Å². The monoisotopic (exact) mass is 304 g/mol. The lowest BCUT2D eigenvalue weighted by Gasteiger charge is -2.20. The highest BCUT2D eigenvalue weighted by molar-refractivity contribution is 6.02. The maximum Gasteiger partial charge on any atom is 0.227 e. The first kappa shape index (κ1) is 16.5. The molecule has 0 aromatic heterocycles. The van der Waals surface area contributed by atoms with E-state index >= 15 is 0 Å². The van der Waals surface area contributed by atoms with Crippen LogP contribution in [0.15, 0.2) is 24.3 Å². The van der Waals surface area contributed by atoms with E-state index in [4.69, 9.17) is 4.74 Å². The molecule has 2 rings (SSSR count). The Bertz CT molecular complexity index is 528. The second-order valence-corrected chi connectivity index (χ2v) is 5.93. The second-order valence-electron chi connectivity index (χ2n) is 5.93. The van der Waals surface area contributed by atoms with Crippen LogP contribution in [0.3, 0.4) is 0 Å². The molecule has 1 N–H and O–H groups in total. The van der Waals surface area contributed by atoms with E-state index in [9.17, 15) is 9.59 Å². The van der Waals surface area contributed by atoms with Crippen LogP contribution in [0.1, 0.15) is 33.1 Å². The van der Waals surface area contributed by atoms with E-state index in [-0.39, 0.29) is 11.8 Å². The molecule has 1 aromatic rings. The number of rotatable bonds is 7. The molecule has 120 valence electrons. The molecular formula is C17H24N2O3. The van der Waals surface area contributed by atoms with Crippen molar-refractivity contribution in [3.05, 3.63) is 24.3 Å². The van der Waals surface area contributed by atoms with Gasteiger partial charge < -0.3 is 15.0 Å². The molecule has 1 aliphatic heterocycles. The van der Waals surface area contributed by atoms with Gasteiger partial charge in [-0.3, -0.25) is 9.59 Å². The minimum absolute atomic E-state index is 0.0946. The largest absolute Gasteiger partial charge is 0.381 e. The van der Waals surface area contributed by atoms with Crippen molar-refractivity contribution in [2.75, 3.05) is 30.0 Å². The lowest BCUT2D eigenvalue weighted by Crippen LogP contribution is -2.25. The van der Waals surface area contributed by atoms with Gasteiger partial charge in [-0.25, -0.2) is 0 Å². The number of carbonyl (C=O) groups excluding carboxylic acids is 2. The molecule has 5 nitrogen and oxygen atoms in total. The van der Waals surface area contributed by atoms with Gasteiger partial charge in [-0.15, -0.1) is 0 Å². The van der Waals surface area contributed by atoms with Crippen molar-refractivity contribution < 1.29 is 14.3 Å².